The van der Waals surface area contributed by atoms with Gasteiger partial charge in [-0.25, -0.2) is 23.7 Å². The van der Waals surface area contributed by atoms with E-state index in [0.29, 0.717) is 23.7 Å². The fourth-order valence-electron chi connectivity index (χ4n) is 2.23. The summed E-state index contributed by atoms with van der Waals surface area (Å²) in [6.07, 6.45) is 4.72. The first kappa shape index (κ1) is 19.0. The molecule has 7 nitrogen and oxygen atoms in total. The Hall–Kier alpha value is -3.75. The number of carbonyl (C=O) groups is 1. The normalized spacial score (nSPS) is 11.2. The van der Waals surface area contributed by atoms with Gasteiger partial charge in [-0.05, 0) is 24.6 Å². The standard InChI is InChI=1S/C19H15F2N5O2/c1-2-14(26-28-17-8-3-4-9-22-17)15-10-24-16(11-23-15)25-19(27)18-12(20)6-5-7-13(18)21/h3-11H,2H2,1H3,(H,24,25,27). The molecule has 0 fully saturated rings. The van der Waals surface area contributed by atoms with Crippen molar-refractivity contribution in [2.45, 2.75) is 13.3 Å². The zero-order valence-electron chi connectivity index (χ0n) is 14.8. The zero-order chi connectivity index (χ0) is 19.9. The van der Waals surface area contributed by atoms with Gasteiger partial charge in [-0.2, -0.15) is 0 Å². The van der Waals surface area contributed by atoms with Crippen LogP contribution in [0.25, 0.3) is 0 Å². The molecule has 2 heterocycles. The summed E-state index contributed by atoms with van der Waals surface area (Å²) in [7, 11) is 0. The molecule has 0 saturated carbocycles. The smallest absolute Gasteiger partial charge is 0.262 e. The highest BCUT2D eigenvalue weighted by molar-refractivity contribution is 6.04. The van der Waals surface area contributed by atoms with E-state index in [1.165, 1.54) is 18.5 Å². The van der Waals surface area contributed by atoms with Crippen LogP contribution < -0.4 is 10.2 Å². The zero-order valence-corrected chi connectivity index (χ0v) is 14.8. The van der Waals surface area contributed by atoms with Gasteiger partial charge in [0.05, 0.1) is 12.4 Å². The fraction of sp³-hybridized carbons (Fsp3) is 0.105. The van der Waals surface area contributed by atoms with Crippen LogP contribution in [-0.4, -0.2) is 26.6 Å². The molecule has 0 aliphatic heterocycles. The lowest BCUT2D eigenvalue weighted by atomic mass is 10.2. The summed E-state index contributed by atoms with van der Waals surface area (Å²) in [4.78, 5) is 29.5. The number of pyridine rings is 1. The first-order chi connectivity index (χ1) is 13.6. The minimum atomic E-state index is -0.964. The van der Waals surface area contributed by atoms with Gasteiger partial charge < -0.3 is 10.2 Å². The molecule has 0 saturated heterocycles. The fourth-order valence-corrected chi connectivity index (χ4v) is 2.23. The molecule has 0 radical (unpaired) electrons. The Balaban J connectivity index is 1.72. The summed E-state index contributed by atoms with van der Waals surface area (Å²) < 4.78 is 27.3. The third-order valence-electron chi connectivity index (χ3n) is 3.60. The molecule has 2 aromatic heterocycles. The van der Waals surface area contributed by atoms with Crippen LogP contribution >= 0.6 is 0 Å². The number of rotatable bonds is 6. The molecule has 1 N–H and O–H groups in total. The Morgan fingerprint density at radius 3 is 2.46 bits per heavy atom. The second-order valence-electron chi connectivity index (χ2n) is 5.49. The average molecular weight is 383 g/mol. The largest absolute Gasteiger partial charge is 0.336 e. The predicted octanol–water partition coefficient (Wildman–Crippen LogP) is 3.60. The van der Waals surface area contributed by atoms with Gasteiger partial charge in [-0.1, -0.05) is 24.2 Å². The lowest BCUT2D eigenvalue weighted by Gasteiger charge is -2.07. The van der Waals surface area contributed by atoms with Gasteiger partial charge in [0.2, 0.25) is 5.88 Å². The Kier molecular flexibility index (Phi) is 5.95. The van der Waals surface area contributed by atoms with Crippen molar-refractivity contribution in [1.82, 2.24) is 15.0 Å². The van der Waals surface area contributed by atoms with Crippen molar-refractivity contribution in [1.29, 1.82) is 0 Å². The van der Waals surface area contributed by atoms with Crippen molar-refractivity contribution >= 4 is 17.4 Å². The van der Waals surface area contributed by atoms with Gasteiger partial charge in [-0.15, -0.1) is 0 Å². The van der Waals surface area contributed by atoms with Crippen molar-refractivity contribution in [3.8, 4) is 5.88 Å². The van der Waals surface area contributed by atoms with Gasteiger partial charge in [0.1, 0.15) is 28.6 Å². The minimum absolute atomic E-state index is 0.0394. The maximum absolute atomic E-state index is 13.7. The monoisotopic (exact) mass is 383 g/mol. The van der Waals surface area contributed by atoms with E-state index in [1.54, 1.807) is 24.4 Å². The SMILES string of the molecule is CCC(=NOc1ccccn1)c1cnc(NC(=O)c2c(F)cccc2F)cn1. The summed E-state index contributed by atoms with van der Waals surface area (Å²) >= 11 is 0. The number of halogens is 2. The van der Waals surface area contributed by atoms with Gasteiger partial charge in [-0.3, -0.25) is 4.79 Å². The van der Waals surface area contributed by atoms with Gasteiger partial charge in [0, 0.05) is 12.3 Å². The molecule has 3 aromatic rings. The molecule has 3 rings (SSSR count). The first-order valence-corrected chi connectivity index (χ1v) is 8.31. The number of nitrogens with zero attached hydrogens (tertiary/aromatic N) is 4. The topological polar surface area (TPSA) is 89.4 Å². The molecule has 1 amide bonds. The van der Waals surface area contributed by atoms with Crippen molar-refractivity contribution < 1.29 is 18.4 Å². The highest BCUT2D eigenvalue weighted by Crippen LogP contribution is 2.14. The van der Waals surface area contributed by atoms with E-state index in [4.69, 9.17) is 4.84 Å². The van der Waals surface area contributed by atoms with Crippen molar-refractivity contribution in [3.63, 3.8) is 0 Å². The molecule has 0 spiro atoms. The van der Waals surface area contributed by atoms with Crippen LogP contribution in [0.2, 0.25) is 0 Å². The van der Waals surface area contributed by atoms with E-state index in [2.05, 4.69) is 25.4 Å². The third kappa shape index (κ3) is 4.50. The van der Waals surface area contributed by atoms with E-state index in [0.717, 1.165) is 12.1 Å². The molecule has 142 valence electrons. The van der Waals surface area contributed by atoms with Crippen LogP contribution in [0.1, 0.15) is 29.4 Å². The summed E-state index contributed by atoms with van der Waals surface area (Å²) in [5.41, 5.74) is 0.248. The molecular weight excluding hydrogens is 368 g/mol. The number of amides is 1. The van der Waals surface area contributed by atoms with Crippen molar-refractivity contribution in [3.05, 3.63) is 77.9 Å². The van der Waals surface area contributed by atoms with Crippen molar-refractivity contribution in [2.75, 3.05) is 5.32 Å². The van der Waals surface area contributed by atoms with Crippen LogP contribution in [0.5, 0.6) is 5.88 Å². The van der Waals surface area contributed by atoms with E-state index in [1.807, 2.05) is 6.92 Å². The molecule has 1 aromatic carbocycles. The van der Waals surface area contributed by atoms with Crippen LogP contribution in [0.3, 0.4) is 0 Å². The van der Waals surface area contributed by atoms with E-state index in [-0.39, 0.29) is 5.82 Å². The average Bonchev–Trinajstić information content (AvgIpc) is 2.70. The number of hydrogen-bond donors (Lipinski definition) is 1. The molecule has 0 unspecified atom stereocenters. The predicted molar refractivity (Wildman–Crippen MR) is 98.0 cm³/mol. The number of benzene rings is 1. The maximum Gasteiger partial charge on any atom is 0.262 e. The number of aromatic nitrogens is 3. The number of nitrogens with one attached hydrogen (secondary N) is 1. The highest BCUT2D eigenvalue weighted by atomic mass is 19.1. The molecular formula is C19H15F2N5O2. The van der Waals surface area contributed by atoms with E-state index in [9.17, 15) is 13.6 Å². The lowest BCUT2D eigenvalue weighted by molar-refractivity contribution is 0.101. The maximum atomic E-state index is 13.7. The Morgan fingerprint density at radius 2 is 1.86 bits per heavy atom. The van der Waals surface area contributed by atoms with Gasteiger partial charge in [0.25, 0.3) is 5.91 Å². The second kappa shape index (κ2) is 8.76. The molecule has 9 heteroatoms. The van der Waals surface area contributed by atoms with Crippen molar-refractivity contribution in [2.24, 2.45) is 5.16 Å². The summed E-state index contributed by atoms with van der Waals surface area (Å²) in [5.74, 6) is -2.52. The quantitative estimate of drug-likeness (QED) is 0.519. The summed E-state index contributed by atoms with van der Waals surface area (Å²) in [6, 6.07) is 8.34. The molecule has 0 aliphatic rings. The van der Waals surface area contributed by atoms with E-state index < -0.39 is 23.1 Å². The Bertz CT molecular complexity index is 975. The summed E-state index contributed by atoms with van der Waals surface area (Å²) in [6.45, 7) is 1.86. The molecule has 0 aliphatic carbocycles. The number of oxime groups is 1. The highest BCUT2D eigenvalue weighted by Gasteiger charge is 2.17. The molecule has 28 heavy (non-hydrogen) atoms. The van der Waals surface area contributed by atoms with Gasteiger partial charge in [0.15, 0.2) is 5.82 Å². The van der Waals surface area contributed by atoms with Gasteiger partial charge >= 0.3 is 0 Å². The summed E-state index contributed by atoms with van der Waals surface area (Å²) in [5, 5.41) is 6.32. The third-order valence-corrected chi connectivity index (χ3v) is 3.60. The number of anilines is 1. The van der Waals surface area contributed by atoms with Crippen LogP contribution in [0, 0.1) is 11.6 Å². The number of carbonyl (C=O) groups excluding carboxylic acids is 1. The second-order valence-corrected chi connectivity index (χ2v) is 5.49. The van der Waals surface area contributed by atoms with Crippen LogP contribution in [-0.2, 0) is 0 Å². The van der Waals surface area contributed by atoms with E-state index >= 15 is 0 Å². The Labute approximate surface area is 159 Å². The molecule has 0 atom stereocenters. The van der Waals surface area contributed by atoms with Crippen LogP contribution in [0.15, 0.2) is 60.1 Å². The Morgan fingerprint density at radius 1 is 1.07 bits per heavy atom. The lowest BCUT2D eigenvalue weighted by Crippen LogP contribution is -2.17. The first-order valence-electron chi connectivity index (χ1n) is 8.31. The molecule has 0 bridgehead atoms. The minimum Gasteiger partial charge on any atom is -0.336 e. The number of hydrogen-bond acceptors (Lipinski definition) is 6. The van der Waals surface area contributed by atoms with Crippen LogP contribution in [0.4, 0.5) is 14.6 Å².